The number of aromatic nitrogens is 3. The van der Waals surface area contributed by atoms with E-state index in [0.29, 0.717) is 23.6 Å². The van der Waals surface area contributed by atoms with E-state index in [9.17, 15) is 4.39 Å². The number of hydrogen-bond acceptors (Lipinski definition) is 3. The molecule has 1 saturated carbocycles. The van der Waals surface area contributed by atoms with Crippen LogP contribution in [0.3, 0.4) is 0 Å². The van der Waals surface area contributed by atoms with Crippen molar-refractivity contribution in [2.45, 2.75) is 44.7 Å². The lowest BCUT2D eigenvalue weighted by Gasteiger charge is -2.23. The Morgan fingerprint density at radius 1 is 1.22 bits per heavy atom. The number of thiocarbonyl (C=S) groups is 1. The van der Waals surface area contributed by atoms with Gasteiger partial charge in [0.2, 0.25) is 5.95 Å². The molecule has 5 nitrogen and oxygen atoms in total. The van der Waals surface area contributed by atoms with Crippen molar-refractivity contribution in [1.29, 1.82) is 0 Å². The molecule has 7 heteroatoms. The van der Waals surface area contributed by atoms with Gasteiger partial charge in [0.1, 0.15) is 12.1 Å². The SMILES string of the molecule is Fc1ccc(Cn2cnc(NC(=S)NC3CCCCC3)n2)cc1. The molecule has 0 aliphatic heterocycles. The highest BCUT2D eigenvalue weighted by Crippen LogP contribution is 2.17. The van der Waals surface area contributed by atoms with Crippen LogP contribution >= 0.6 is 12.2 Å². The summed E-state index contributed by atoms with van der Waals surface area (Å²) in [7, 11) is 0. The highest BCUT2D eigenvalue weighted by atomic mass is 32.1. The van der Waals surface area contributed by atoms with E-state index < -0.39 is 0 Å². The van der Waals surface area contributed by atoms with Crippen LogP contribution in [0, 0.1) is 5.82 Å². The van der Waals surface area contributed by atoms with Crippen LogP contribution in [0.15, 0.2) is 30.6 Å². The van der Waals surface area contributed by atoms with Gasteiger partial charge in [-0.3, -0.25) is 5.32 Å². The maximum atomic E-state index is 12.9. The molecule has 1 fully saturated rings. The van der Waals surface area contributed by atoms with E-state index in [1.54, 1.807) is 23.1 Å². The van der Waals surface area contributed by atoms with E-state index >= 15 is 0 Å². The van der Waals surface area contributed by atoms with E-state index in [1.165, 1.54) is 31.4 Å². The predicted octanol–water partition coefficient (Wildman–Crippen LogP) is 3.08. The summed E-state index contributed by atoms with van der Waals surface area (Å²) in [5, 5.41) is 11.2. The first kappa shape index (κ1) is 15.9. The Labute approximate surface area is 140 Å². The summed E-state index contributed by atoms with van der Waals surface area (Å²) >= 11 is 5.32. The van der Waals surface area contributed by atoms with Crippen LogP contribution in [0.25, 0.3) is 0 Å². The first-order valence-corrected chi connectivity index (χ1v) is 8.31. The van der Waals surface area contributed by atoms with Crippen molar-refractivity contribution in [3.05, 3.63) is 42.0 Å². The second-order valence-corrected chi connectivity index (χ2v) is 6.23. The second-order valence-electron chi connectivity index (χ2n) is 5.83. The predicted molar refractivity (Wildman–Crippen MR) is 91.8 cm³/mol. The number of nitrogens with zero attached hydrogens (tertiary/aromatic N) is 3. The van der Waals surface area contributed by atoms with E-state index in [2.05, 4.69) is 20.7 Å². The lowest BCUT2D eigenvalue weighted by molar-refractivity contribution is 0.414. The van der Waals surface area contributed by atoms with Gasteiger partial charge in [-0.05, 0) is 42.8 Å². The average Bonchev–Trinajstić information content (AvgIpc) is 2.97. The molecule has 23 heavy (non-hydrogen) atoms. The Kier molecular flexibility index (Phi) is 5.17. The maximum absolute atomic E-state index is 12.9. The molecule has 122 valence electrons. The number of rotatable bonds is 4. The van der Waals surface area contributed by atoms with Crippen molar-refractivity contribution in [2.75, 3.05) is 5.32 Å². The first-order chi connectivity index (χ1) is 11.2. The molecule has 3 rings (SSSR count). The minimum Gasteiger partial charge on any atom is -0.360 e. The van der Waals surface area contributed by atoms with Crippen molar-refractivity contribution in [1.82, 2.24) is 20.1 Å². The van der Waals surface area contributed by atoms with E-state index in [-0.39, 0.29) is 5.82 Å². The molecule has 0 spiro atoms. The highest BCUT2D eigenvalue weighted by molar-refractivity contribution is 7.80. The van der Waals surface area contributed by atoms with E-state index in [1.807, 2.05) is 0 Å². The van der Waals surface area contributed by atoms with Crippen LogP contribution < -0.4 is 10.6 Å². The summed E-state index contributed by atoms with van der Waals surface area (Å²) in [5.74, 6) is 0.231. The summed E-state index contributed by atoms with van der Waals surface area (Å²) < 4.78 is 14.6. The molecule has 1 aromatic heterocycles. The van der Waals surface area contributed by atoms with Crippen molar-refractivity contribution >= 4 is 23.3 Å². The van der Waals surface area contributed by atoms with Gasteiger partial charge in [-0.25, -0.2) is 14.1 Å². The van der Waals surface area contributed by atoms with Gasteiger partial charge in [-0.1, -0.05) is 31.4 Å². The van der Waals surface area contributed by atoms with Gasteiger partial charge in [0, 0.05) is 6.04 Å². The van der Waals surface area contributed by atoms with Crippen LogP contribution in [0.1, 0.15) is 37.7 Å². The molecule has 0 unspecified atom stereocenters. The summed E-state index contributed by atoms with van der Waals surface area (Å²) in [6, 6.07) is 6.80. The fourth-order valence-electron chi connectivity index (χ4n) is 2.77. The Hall–Kier alpha value is -2.02. The van der Waals surface area contributed by atoms with Crippen molar-refractivity contribution < 1.29 is 4.39 Å². The number of hydrogen-bond donors (Lipinski definition) is 2. The third-order valence-corrected chi connectivity index (χ3v) is 4.18. The van der Waals surface area contributed by atoms with Gasteiger partial charge in [-0.2, -0.15) is 0 Å². The minimum atomic E-state index is -0.242. The van der Waals surface area contributed by atoms with Gasteiger partial charge >= 0.3 is 0 Å². The molecule has 0 radical (unpaired) electrons. The van der Waals surface area contributed by atoms with Crippen molar-refractivity contribution in [2.24, 2.45) is 0 Å². The average molecular weight is 333 g/mol. The molecule has 1 aliphatic rings. The lowest BCUT2D eigenvalue weighted by atomic mass is 9.96. The van der Waals surface area contributed by atoms with Crippen LogP contribution in [-0.4, -0.2) is 25.9 Å². The summed E-state index contributed by atoms with van der Waals surface area (Å²) in [5.41, 5.74) is 0.964. The molecule has 1 aromatic carbocycles. The number of halogens is 1. The van der Waals surface area contributed by atoms with E-state index in [0.717, 1.165) is 18.4 Å². The minimum absolute atomic E-state index is 0.242. The first-order valence-electron chi connectivity index (χ1n) is 7.90. The number of anilines is 1. The molecule has 2 N–H and O–H groups in total. The van der Waals surface area contributed by atoms with Gasteiger partial charge in [0.05, 0.1) is 6.54 Å². The van der Waals surface area contributed by atoms with Crippen molar-refractivity contribution in [3.63, 3.8) is 0 Å². The molecular weight excluding hydrogens is 313 g/mol. The Balaban J connectivity index is 1.52. The van der Waals surface area contributed by atoms with Crippen LogP contribution in [0.5, 0.6) is 0 Å². The van der Waals surface area contributed by atoms with E-state index in [4.69, 9.17) is 12.2 Å². The van der Waals surface area contributed by atoms with Crippen LogP contribution in [0.4, 0.5) is 10.3 Å². The van der Waals surface area contributed by atoms with Gasteiger partial charge in [-0.15, -0.1) is 5.10 Å². The second kappa shape index (κ2) is 7.50. The fraction of sp³-hybridized carbons (Fsp3) is 0.438. The molecule has 0 bridgehead atoms. The maximum Gasteiger partial charge on any atom is 0.248 e. The zero-order valence-electron chi connectivity index (χ0n) is 12.8. The smallest absolute Gasteiger partial charge is 0.248 e. The largest absolute Gasteiger partial charge is 0.360 e. The third kappa shape index (κ3) is 4.72. The number of nitrogens with one attached hydrogen (secondary N) is 2. The quantitative estimate of drug-likeness (QED) is 0.842. The number of benzene rings is 1. The Bertz CT molecular complexity index is 649. The standard InChI is InChI=1S/C16H20FN5S/c17-13-8-6-12(7-9-13)10-22-11-18-15(21-22)20-16(23)19-14-4-2-1-3-5-14/h6-9,11,14H,1-5,10H2,(H2,19,20,21,23). The molecule has 2 aromatic rings. The topological polar surface area (TPSA) is 54.8 Å². The van der Waals surface area contributed by atoms with Crippen LogP contribution in [-0.2, 0) is 6.54 Å². The summed E-state index contributed by atoms with van der Waals surface area (Å²) in [6.45, 7) is 0.539. The fourth-order valence-corrected chi connectivity index (χ4v) is 3.03. The third-order valence-electron chi connectivity index (χ3n) is 3.96. The monoisotopic (exact) mass is 333 g/mol. The summed E-state index contributed by atoms with van der Waals surface area (Å²) in [6.07, 6.45) is 7.78. The highest BCUT2D eigenvalue weighted by Gasteiger charge is 2.14. The van der Waals surface area contributed by atoms with Gasteiger partial charge in [0.15, 0.2) is 5.11 Å². The normalized spacial score (nSPS) is 15.3. The molecule has 0 amide bonds. The molecule has 0 atom stereocenters. The summed E-state index contributed by atoms with van der Waals surface area (Å²) in [4.78, 5) is 4.20. The molecular formula is C16H20FN5S. The van der Waals surface area contributed by atoms with Crippen molar-refractivity contribution in [3.8, 4) is 0 Å². The Morgan fingerprint density at radius 3 is 2.70 bits per heavy atom. The zero-order chi connectivity index (χ0) is 16.1. The Morgan fingerprint density at radius 2 is 1.96 bits per heavy atom. The van der Waals surface area contributed by atoms with Crippen LogP contribution in [0.2, 0.25) is 0 Å². The molecule has 1 aliphatic carbocycles. The lowest BCUT2D eigenvalue weighted by Crippen LogP contribution is -2.39. The van der Waals surface area contributed by atoms with Gasteiger partial charge < -0.3 is 5.32 Å². The zero-order valence-corrected chi connectivity index (χ0v) is 13.7. The van der Waals surface area contributed by atoms with Gasteiger partial charge in [0.25, 0.3) is 0 Å². The molecule has 0 saturated heterocycles. The molecule has 1 heterocycles.